The van der Waals surface area contributed by atoms with E-state index in [9.17, 15) is 0 Å². The molecular formula is C8H15NO4. The highest BCUT2D eigenvalue weighted by Gasteiger charge is 2.45. The normalized spacial score (nSPS) is 38.5. The Labute approximate surface area is 77.2 Å². The van der Waals surface area contributed by atoms with Gasteiger partial charge in [0, 0.05) is 20.1 Å². The van der Waals surface area contributed by atoms with Gasteiger partial charge in [-0.2, -0.15) is 5.48 Å². The van der Waals surface area contributed by atoms with Crippen molar-refractivity contribution in [2.24, 2.45) is 5.92 Å². The van der Waals surface area contributed by atoms with Crippen LogP contribution in [0.25, 0.3) is 0 Å². The Morgan fingerprint density at radius 3 is 2.77 bits per heavy atom. The SMILES string of the molecule is COC(OC)C1NO[C@@H]2COC[C@H]12. The molecule has 2 heterocycles. The van der Waals surface area contributed by atoms with Crippen molar-refractivity contribution in [2.75, 3.05) is 27.4 Å². The minimum absolute atomic E-state index is 0.0718. The van der Waals surface area contributed by atoms with Crippen molar-refractivity contribution in [3.8, 4) is 0 Å². The van der Waals surface area contributed by atoms with Crippen LogP contribution in [0.15, 0.2) is 0 Å². The second-order valence-electron chi connectivity index (χ2n) is 3.34. The first-order valence-electron chi connectivity index (χ1n) is 4.41. The largest absolute Gasteiger partial charge is 0.378 e. The monoisotopic (exact) mass is 189 g/mol. The lowest BCUT2D eigenvalue weighted by Crippen LogP contribution is -2.42. The van der Waals surface area contributed by atoms with Crippen molar-refractivity contribution in [3.05, 3.63) is 0 Å². The Bertz CT molecular complexity index is 174. The summed E-state index contributed by atoms with van der Waals surface area (Å²) in [5.74, 6) is 0.338. The molecule has 1 N–H and O–H groups in total. The van der Waals surface area contributed by atoms with Gasteiger partial charge in [-0.3, -0.25) is 4.84 Å². The van der Waals surface area contributed by atoms with Crippen molar-refractivity contribution >= 4 is 0 Å². The maximum Gasteiger partial charge on any atom is 0.174 e. The van der Waals surface area contributed by atoms with Crippen LogP contribution in [0, 0.1) is 5.92 Å². The van der Waals surface area contributed by atoms with Crippen LogP contribution < -0.4 is 5.48 Å². The Kier molecular flexibility index (Phi) is 2.80. The lowest BCUT2D eigenvalue weighted by molar-refractivity contribution is -0.139. The molecule has 0 amide bonds. The van der Waals surface area contributed by atoms with Crippen molar-refractivity contribution < 1.29 is 19.0 Å². The zero-order chi connectivity index (χ0) is 9.26. The smallest absolute Gasteiger partial charge is 0.174 e. The van der Waals surface area contributed by atoms with Gasteiger partial charge in [0.15, 0.2) is 6.29 Å². The third-order valence-corrected chi connectivity index (χ3v) is 2.64. The molecule has 5 nitrogen and oxygen atoms in total. The average molecular weight is 189 g/mol. The zero-order valence-corrected chi connectivity index (χ0v) is 7.86. The number of fused-ring (bicyclic) bond motifs is 1. The van der Waals surface area contributed by atoms with Gasteiger partial charge in [-0.1, -0.05) is 0 Å². The van der Waals surface area contributed by atoms with Crippen molar-refractivity contribution in [1.82, 2.24) is 5.48 Å². The van der Waals surface area contributed by atoms with E-state index in [-0.39, 0.29) is 18.4 Å². The van der Waals surface area contributed by atoms with Gasteiger partial charge in [-0.25, -0.2) is 0 Å². The number of methoxy groups -OCH3 is 2. The number of nitrogens with one attached hydrogen (secondary N) is 1. The first kappa shape index (κ1) is 9.36. The zero-order valence-electron chi connectivity index (χ0n) is 7.86. The minimum atomic E-state index is -0.267. The summed E-state index contributed by atoms with van der Waals surface area (Å²) in [6.07, 6.45) is -0.116. The standard InChI is InChI=1S/C8H15NO4/c1-10-8(11-2)7-5-3-12-4-6(5)13-9-7/h5-9H,3-4H2,1-2H3/t5-,6+,7?/m0/s1. The average Bonchev–Trinajstić information content (AvgIpc) is 2.70. The van der Waals surface area contributed by atoms with Crippen LogP contribution in [0.3, 0.4) is 0 Å². The van der Waals surface area contributed by atoms with Gasteiger partial charge in [0.05, 0.1) is 19.3 Å². The molecule has 0 bridgehead atoms. The van der Waals surface area contributed by atoms with E-state index in [1.54, 1.807) is 14.2 Å². The minimum Gasteiger partial charge on any atom is -0.378 e. The fourth-order valence-corrected chi connectivity index (χ4v) is 1.91. The summed E-state index contributed by atoms with van der Waals surface area (Å²) < 4.78 is 15.6. The summed E-state index contributed by atoms with van der Waals surface area (Å²) in [6.45, 7) is 1.37. The quantitative estimate of drug-likeness (QED) is 0.608. The summed E-state index contributed by atoms with van der Waals surface area (Å²) in [7, 11) is 3.25. The molecule has 76 valence electrons. The maximum absolute atomic E-state index is 5.34. The Balaban J connectivity index is 1.99. The van der Waals surface area contributed by atoms with Crippen LogP contribution in [0.2, 0.25) is 0 Å². The topological polar surface area (TPSA) is 49.0 Å². The molecule has 0 aromatic heterocycles. The number of hydrogen-bond donors (Lipinski definition) is 1. The van der Waals surface area contributed by atoms with Crippen LogP contribution in [-0.4, -0.2) is 45.9 Å². The maximum atomic E-state index is 5.34. The van der Waals surface area contributed by atoms with Gasteiger partial charge in [0.2, 0.25) is 0 Å². The molecule has 5 heteroatoms. The molecule has 2 fully saturated rings. The molecule has 2 saturated heterocycles. The molecule has 0 aliphatic carbocycles. The fourth-order valence-electron chi connectivity index (χ4n) is 1.91. The van der Waals surface area contributed by atoms with E-state index in [1.165, 1.54) is 0 Å². The van der Waals surface area contributed by atoms with E-state index in [4.69, 9.17) is 19.0 Å². The number of rotatable bonds is 3. The summed E-state index contributed by atoms with van der Waals surface area (Å²) in [6, 6.07) is 0.0718. The van der Waals surface area contributed by atoms with Gasteiger partial charge in [-0.05, 0) is 0 Å². The van der Waals surface area contributed by atoms with Crippen molar-refractivity contribution in [3.63, 3.8) is 0 Å². The second kappa shape index (κ2) is 3.89. The van der Waals surface area contributed by atoms with Gasteiger partial charge in [0.1, 0.15) is 6.10 Å². The first-order chi connectivity index (χ1) is 6.36. The van der Waals surface area contributed by atoms with E-state index < -0.39 is 0 Å². The molecule has 1 unspecified atom stereocenters. The highest BCUT2D eigenvalue weighted by molar-refractivity contribution is 4.90. The van der Waals surface area contributed by atoms with E-state index in [2.05, 4.69) is 5.48 Å². The fraction of sp³-hybridized carbons (Fsp3) is 1.00. The Morgan fingerprint density at radius 2 is 2.08 bits per heavy atom. The molecular weight excluding hydrogens is 174 g/mol. The van der Waals surface area contributed by atoms with Crippen LogP contribution >= 0.6 is 0 Å². The highest BCUT2D eigenvalue weighted by Crippen LogP contribution is 2.28. The molecule has 13 heavy (non-hydrogen) atoms. The first-order valence-corrected chi connectivity index (χ1v) is 4.41. The molecule has 0 radical (unpaired) electrons. The van der Waals surface area contributed by atoms with E-state index >= 15 is 0 Å². The van der Waals surface area contributed by atoms with Crippen LogP contribution in [-0.2, 0) is 19.0 Å². The highest BCUT2D eigenvalue weighted by atomic mass is 16.7. The molecule has 0 aromatic carbocycles. The molecule has 0 spiro atoms. The molecule has 2 aliphatic rings. The van der Waals surface area contributed by atoms with Crippen LogP contribution in [0.1, 0.15) is 0 Å². The van der Waals surface area contributed by atoms with E-state index in [0.29, 0.717) is 19.1 Å². The van der Waals surface area contributed by atoms with Crippen LogP contribution in [0.5, 0.6) is 0 Å². The molecule has 2 aliphatic heterocycles. The molecule has 0 aromatic rings. The summed E-state index contributed by atoms with van der Waals surface area (Å²) in [4.78, 5) is 5.34. The van der Waals surface area contributed by atoms with Crippen LogP contribution in [0.4, 0.5) is 0 Å². The molecule has 3 atom stereocenters. The van der Waals surface area contributed by atoms with Crippen molar-refractivity contribution in [1.29, 1.82) is 0 Å². The predicted octanol–water partition coefficient (Wildman–Crippen LogP) is -0.476. The van der Waals surface area contributed by atoms with E-state index in [0.717, 1.165) is 0 Å². The van der Waals surface area contributed by atoms with E-state index in [1.807, 2.05) is 0 Å². The van der Waals surface area contributed by atoms with Gasteiger partial charge >= 0.3 is 0 Å². The molecule has 2 rings (SSSR count). The molecule has 0 saturated carbocycles. The second-order valence-corrected chi connectivity index (χ2v) is 3.34. The summed E-state index contributed by atoms with van der Waals surface area (Å²) in [5.41, 5.74) is 2.93. The predicted molar refractivity (Wildman–Crippen MR) is 43.9 cm³/mol. The third kappa shape index (κ3) is 1.58. The summed E-state index contributed by atoms with van der Waals surface area (Å²) >= 11 is 0. The number of hydrogen-bond acceptors (Lipinski definition) is 5. The third-order valence-electron chi connectivity index (χ3n) is 2.64. The van der Waals surface area contributed by atoms with Gasteiger partial charge < -0.3 is 14.2 Å². The van der Waals surface area contributed by atoms with Gasteiger partial charge in [0.25, 0.3) is 0 Å². The summed E-state index contributed by atoms with van der Waals surface area (Å²) in [5, 5.41) is 0. The number of hydroxylamine groups is 1. The Hall–Kier alpha value is -0.200. The van der Waals surface area contributed by atoms with Crippen molar-refractivity contribution in [2.45, 2.75) is 18.4 Å². The number of ether oxygens (including phenoxy) is 3. The lowest BCUT2D eigenvalue weighted by Gasteiger charge is -2.22. The Morgan fingerprint density at radius 1 is 1.31 bits per heavy atom. The lowest BCUT2D eigenvalue weighted by atomic mass is 9.98. The van der Waals surface area contributed by atoms with Gasteiger partial charge in [-0.15, -0.1) is 0 Å².